The first-order chi connectivity index (χ1) is 11.1. The number of hydrogen-bond donors (Lipinski definition) is 0. The van der Waals surface area contributed by atoms with Gasteiger partial charge in [0.2, 0.25) is 0 Å². The van der Waals surface area contributed by atoms with Crippen LogP contribution in [0.1, 0.15) is 50.7 Å². The van der Waals surface area contributed by atoms with Gasteiger partial charge < -0.3 is 0 Å². The van der Waals surface area contributed by atoms with Crippen molar-refractivity contribution in [3.05, 3.63) is 41.5 Å². The van der Waals surface area contributed by atoms with Crippen LogP contribution in [0.25, 0.3) is 5.57 Å². The minimum absolute atomic E-state index is 0.0883. The Morgan fingerprint density at radius 3 is 2.83 bits per heavy atom. The van der Waals surface area contributed by atoms with Crippen LogP contribution in [0.5, 0.6) is 0 Å². The van der Waals surface area contributed by atoms with E-state index < -0.39 is 0 Å². The molecule has 0 aromatic heterocycles. The van der Waals surface area contributed by atoms with Crippen LogP contribution in [0.15, 0.2) is 35.3 Å². The van der Waals surface area contributed by atoms with Crippen LogP contribution in [0, 0.1) is 5.92 Å². The molecule has 1 aromatic rings. The summed E-state index contributed by atoms with van der Waals surface area (Å²) >= 11 is 0.242. The molecular weight excluding hydrogens is 345 g/mol. The fourth-order valence-corrected chi connectivity index (χ4v) is 7.64. The summed E-state index contributed by atoms with van der Waals surface area (Å²) in [5, 5.41) is 1.37. The standard InChI is InChI=1S/C20H26AsNO/c1-20(2)13-23-19(22-20)15-7-5-6-14(12-15)16-10-11-21-18-9-4-3-8-17(16)18/h5-7,10,12,17-18,21H,3-4,8-9,11,13H2,1-2H3. The molecule has 0 N–H and O–H groups in total. The van der Waals surface area contributed by atoms with E-state index in [0.29, 0.717) is 6.61 Å². The predicted octanol–water partition coefficient (Wildman–Crippen LogP) is 4.47. The molecule has 0 bridgehead atoms. The Morgan fingerprint density at radius 2 is 2.00 bits per heavy atom. The zero-order chi connectivity index (χ0) is 15.9. The van der Waals surface area contributed by atoms with Gasteiger partial charge in [-0.25, -0.2) is 0 Å². The number of fused-ring (bicyclic) bond motifs is 1. The zero-order valence-electron chi connectivity index (χ0n) is 14.1. The molecule has 2 nitrogen and oxygen atoms in total. The van der Waals surface area contributed by atoms with Gasteiger partial charge in [0.1, 0.15) is 0 Å². The fraction of sp³-hybridized carbons (Fsp3) is 0.550. The van der Waals surface area contributed by atoms with Crippen molar-refractivity contribution in [3.63, 3.8) is 0 Å². The Labute approximate surface area is 146 Å². The van der Waals surface area contributed by atoms with Crippen molar-refractivity contribution >= 4 is 27.2 Å². The van der Waals surface area contributed by atoms with E-state index in [9.17, 15) is 0 Å². The molecule has 0 spiro atoms. The third-order valence-electron chi connectivity index (χ3n) is 5.28. The van der Waals surface area contributed by atoms with Crippen LogP contribution in [0.3, 0.4) is 0 Å². The normalized spacial score (nSPS) is 30.3. The number of rotatable bonds is 2. The first kappa shape index (κ1) is 15.5. The van der Waals surface area contributed by atoms with E-state index in [1.807, 2.05) is 0 Å². The minimum atomic E-state index is -0.0883. The number of hydrogen-bond acceptors (Lipinski definition) is 2. The molecule has 0 amide bonds. The van der Waals surface area contributed by atoms with Gasteiger partial charge in [-0.15, -0.1) is 0 Å². The van der Waals surface area contributed by atoms with Crippen molar-refractivity contribution in [2.24, 2.45) is 10.9 Å². The van der Waals surface area contributed by atoms with Crippen molar-refractivity contribution in [2.75, 3.05) is 6.61 Å². The summed E-state index contributed by atoms with van der Waals surface area (Å²) in [6.07, 6.45) is 8.29. The molecule has 122 valence electrons. The van der Waals surface area contributed by atoms with E-state index in [1.54, 1.807) is 5.57 Å². The van der Waals surface area contributed by atoms with Crippen molar-refractivity contribution in [2.45, 2.75) is 55.0 Å². The first-order valence-electron chi connectivity index (χ1n) is 8.89. The Bertz CT molecular complexity index is 661. The average molecular weight is 371 g/mol. The monoisotopic (exact) mass is 371 g/mol. The molecule has 4 rings (SSSR count). The maximum atomic E-state index is 5.84. The summed E-state index contributed by atoms with van der Waals surface area (Å²) < 4.78 is 6.87. The molecular formula is C20H26AsNO. The third kappa shape index (κ3) is 3.15. The summed E-state index contributed by atoms with van der Waals surface area (Å²) in [4.78, 5) is 4.74. The molecule has 1 aliphatic carbocycles. The number of nitrogens with zero attached hydrogens (tertiary/aromatic N) is 1. The quantitative estimate of drug-likeness (QED) is 0.703. The first-order valence-corrected chi connectivity index (χ1v) is 11.6. The van der Waals surface area contributed by atoms with Gasteiger partial charge >= 0.3 is 146 Å². The maximum absolute atomic E-state index is 5.84. The van der Waals surface area contributed by atoms with E-state index >= 15 is 0 Å². The van der Waals surface area contributed by atoms with E-state index in [0.717, 1.165) is 22.1 Å². The van der Waals surface area contributed by atoms with Crippen molar-refractivity contribution in [1.29, 1.82) is 0 Å². The third-order valence-corrected chi connectivity index (χ3v) is 8.75. The summed E-state index contributed by atoms with van der Waals surface area (Å²) in [7, 11) is 0. The molecule has 3 unspecified atom stereocenters. The number of ether oxygens (including phenoxy) is 1. The topological polar surface area (TPSA) is 21.6 Å². The fourth-order valence-electron chi connectivity index (χ4n) is 4.12. The number of allylic oxidation sites excluding steroid dienone is 2. The van der Waals surface area contributed by atoms with E-state index in [-0.39, 0.29) is 21.3 Å². The predicted molar refractivity (Wildman–Crippen MR) is 98.7 cm³/mol. The van der Waals surface area contributed by atoms with Gasteiger partial charge in [0.25, 0.3) is 0 Å². The van der Waals surface area contributed by atoms with Crippen LogP contribution in [-0.4, -0.2) is 33.8 Å². The van der Waals surface area contributed by atoms with Gasteiger partial charge in [0.05, 0.1) is 0 Å². The number of benzene rings is 1. The molecule has 2 aliphatic heterocycles. The van der Waals surface area contributed by atoms with E-state index in [4.69, 9.17) is 9.73 Å². The molecule has 0 radical (unpaired) electrons. The summed E-state index contributed by atoms with van der Waals surface area (Å²) in [6, 6.07) is 8.90. The van der Waals surface area contributed by atoms with Crippen LogP contribution in [0.4, 0.5) is 0 Å². The molecule has 3 heteroatoms. The van der Waals surface area contributed by atoms with Crippen LogP contribution >= 0.6 is 0 Å². The molecule has 3 atom stereocenters. The van der Waals surface area contributed by atoms with Gasteiger partial charge in [-0.05, 0) is 0 Å². The van der Waals surface area contributed by atoms with Gasteiger partial charge in [0, 0.05) is 0 Å². The molecule has 1 aromatic carbocycles. The number of aliphatic imine (C=N–C) groups is 1. The Balaban J connectivity index is 1.65. The molecule has 3 aliphatic rings. The Hall–Kier alpha value is -1.01. The van der Waals surface area contributed by atoms with E-state index in [1.165, 1.54) is 36.5 Å². The summed E-state index contributed by atoms with van der Waals surface area (Å²) in [6.45, 7) is 4.94. The second-order valence-electron chi connectivity index (χ2n) is 7.66. The van der Waals surface area contributed by atoms with Crippen molar-refractivity contribution < 1.29 is 4.74 Å². The second kappa shape index (κ2) is 6.13. The average Bonchev–Trinajstić information content (AvgIpc) is 2.94. The molecule has 23 heavy (non-hydrogen) atoms. The van der Waals surface area contributed by atoms with Crippen molar-refractivity contribution in [3.8, 4) is 0 Å². The van der Waals surface area contributed by atoms with Gasteiger partial charge in [0.15, 0.2) is 0 Å². The van der Waals surface area contributed by atoms with Crippen LogP contribution in [-0.2, 0) is 4.74 Å². The van der Waals surface area contributed by atoms with Gasteiger partial charge in [-0.2, -0.15) is 0 Å². The van der Waals surface area contributed by atoms with Crippen molar-refractivity contribution in [1.82, 2.24) is 0 Å². The Kier molecular flexibility index (Phi) is 4.13. The van der Waals surface area contributed by atoms with Gasteiger partial charge in [-0.3, -0.25) is 0 Å². The van der Waals surface area contributed by atoms with Crippen LogP contribution in [0.2, 0.25) is 9.91 Å². The molecule has 2 heterocycles. The molecule has 1 saturated carbocycles. The molecule has 1 fully saturated rings. The van der Waals surface area contributed by atoms with E-state index in [2.05, 4.69) is 44.2 Å². The summed E-state index contributed by atoms with van der Waals surface area (Å²) in [5.41, 5.74) is 4.07. The Morgan fingerprint density at radius 1 is 1.17 bits per heavy atom. The zero-order valence-corrected chi connectivity index (χ0v) is 16.2. The van der Waals surface area contributed by atoms with Gasteiger partial charge in [-0.1, -0.05) is 0 Å². The molecule has 0 saturated heterocycles. The SMILES string of the molecule is CC1(C)COC(c2cccc(C3=CC[AsH]C4CCCCC34)c2)=N1. The summed E-state index contributed by atoms with van der Waals surface area (Å²) in [5.74, 6) is 1.65. The second-order valence-corrected chi connectivity index (χ2v) is 10.9. The van der Waals surface area contributed by atoms with Crippen LogP contribution < -0.4 is 0 Å².